The summed E-state index contributed by atoms with van der Waals surface area (Å²) in [6, 6.07) is 7.31. The van der Waals surface area contributed by atoms with Crippen molar-refractivity contribution in [2.75, 3.05) is 11.9 Å². The summed E-state index contributed by atoms with van der Waals surface area (Å²) in [5, 5.41) is 6.79. The molecule has 4 heteroatoms. The Bertz CT molecular complexity index is 381. The molecule has 1 fully saturated rings. The standard InChI is InChI=1S/C12H15ClN2O/c13-9-4-3-5-10(8-9)15-11-6-1-2-7-14-12(11)16/h3-5,8,11,15H,1-2,6-7H2,(H,14,16). The average molecular weight is 239 g/mol. The minimum absolute atomic E-state index is 0.0810. The first-order chi connectivity index (χ1) is 7.75. The molecule has 1 saturated heterocycles. The van der Waals surface area contributed by atoms with E-state index >= 15 is 0 Å². The van der Waals surface area contributed by atoms with Crippen molar-refractivity contribution in [3.05, 3.63) is 29.3 Å². The summed E-state index contributed by atoms with van der Waals surface area (Å²) in [7, 11) is 0. The number of hydrogen-bond donors (Lipinski definition) is 2. The molecule has 0 radical (unpaired) electrons. The van der Waals surface area contributed by atoms with Crippen LogP contribution in [0.25, 0.3) is 0 Å². The zero-order chi connectivity index (χ0) is 11.4. The third-order valence-corrected chi connectivity index (χ3v) is 2.94. The first-order valence-corrected chi connectivity index (χ1v) is 5.93. The van der Waals surface area contributed by atoms with Crippen LogP contribution in [0.15, 0.2) is 24.3 Å². The van der Waals surface area contributed by atoms with Gasteiger partial charge in [0.05, 0.1) is 0 Å². The molecule has 0 aromatic heterocycles. The molecule has 16 heavy (non-hydrogen) atoms. The molecule has 1 amide bonds. The van der Waals surface area contributed by atoms with Gasteiger partial charge in [0.2, 0.25) is 5.91 Å². The molecule has 2 rings (SSSR count). The van der Waals surface area contributed by atoms with Crippen molar-refractivity contribution in [3.63, 3.8) is 0 Å². The highest BCUT2D eigenvalue weighted by Gasteiger charge is 2.19. The van der Waals surface area contributed by atoms with Gasteiger partial charge in [0.15, 0.2) is 0 Å². The molecule has 1 aromatic rings. The van der Waals surface area contributed by atoms with Gasteiger partial charge in [0, 0.05) is 17.3 Å². The summed E-state index contributed by atoms with van der Waals surface area (Å²) in [6.07, 6.45) is 2.99. The van der Waals surface area contributed by atoms with Gasteiger partial charge >= 0.3 is 0 Å². The van der Waals surface area contributed by atoms with Crippen LogP contribution in [0.3, 0.4) is 0 Å². The van der Waals surface area contributed by atoms with Crippen LogP contribution >= 0.6 is 11.6 Å². The van der Waals surface area contributed by atoms with E-state index < -0.39 is 0 Å². The molecular formula is C12H15ClN2O. The normalized spacial score (nSPS) is 21.1. The SMILES string of the molecule is O=C1NCCCCC1Nc1cccc(Cl)c1. The van der Waals surface area contributed by atoms with Crippen LogP contribution in [-0.2, 0) is 4.79 Å². The zero-order valence-electron chi connectivity index (χ0n) is 9.00. The van der Waals surface area contributed by atoms with E-state index in [-0.39, 0.29) is 11.9 Å². The number of rotatable bonds is 2. The van der Waals surface area contributed by atoms with E-state index in [1.807, 2.05) is 24.3 Å². The topological polar surface area (TPSA) is 41.1 Å². The number of nitrogens with one attached hydrogen (secondary N) is 2. The lowest BCUT2D eigenvalue weighted by Gasteiger charge is -2.16. The van der Waals surface area contributed by atoms with Crippen molar-refractivity contribution in [2.24, 2.45) is 0 Å². The van der Waals surface area contributed by atoms with Gasteiger partial charge in [-0.15, -0.1) is 0 Å². The Hall–Kier alpha value is -1.22. The Morgan fingerprint density at radius 3 is 3.06 bits per heavy atom. The van der Waals surface area contributed by atoms with Gasteiger partial charge in [0.25, 0.3) is 0 Å². The van der Waals surface area contributed by atoms with Crippen molar-refractivity contribution >= 4 is 23.2 Å². The number of benzene rings is 1. The molecular weight excluding hydrogens is 224 g/mol. The van der Waals surface area contributed by atoms with Crippen molar-refractivity contribution < 1.29 is 4.79 Å². The molecule has 1 atom stereocenters. The quantitative estimate of drug-likeness (QED) is 0.831. The summed E-state index contributed by atoms with van der Waals surface area (Å²) in [6.45, 7) is 0.784. The lowest BCUT2D eigenvalue weighted by molar-refractivity contribution is -0.121. The Kier molecular flexibility index (Phi) is 3.67. The fraction of sp³-hybridized carbons (Fsp3) is 0.417. The van der Waals surface area contributed by atoms with Crippen LogP contribution in [0.5, 0.6) is 0 Å². The van der Waals surface area contributed by atoms with Crippen molar-refractivity contribution in [1.82, 2.24) is 5.32 Å². The monoisotopic (exact) mass is 238 g/mol. The molecule has 1 aliphatic heterocycles. The summed E-state index contributed by atoms with van der Waals surface area (Å²) in [5.41, 5.74) is 0.898. The predicted molar refractivity (Wildman–Crippen MR) is 65.7 cm³/mol. The zero-order valence-corrected chi connectivity index (χ0v) is 9.76. The van der Waals surface area contributed by atoms with E-state index in [2.05, 4.69) is 10.6 Å². The molecule has 86 valence electrons. The molecule has 2 N–H and O–H groups in total. The maximum atomic E-state index is 11.7. The molecule has 0 spiro atoms. The van der Waals surface area contributed by atoms with Crippen LogP contribution in [0.2, 0.25) is 5.02 Å². The van der Waals surface area contributed by atoms with Gasteiger partial charge in [-0.3, -0.25) is 4.79 Å². The summed E-state index contributed by atoms with van der Waals surface area (Å²) in [4.78, 5) is 11.7. The number of amides is 1. The highest BCUT2D eigenvalue weighted by atomic mass is 35.5. The van der Waals surface area contributed by atoms with Crippen LogP contribution in [0, 0.1) is 0 Å². The summed E-state index contributed by atoms with van der Waals surface area (Å²) in [5.74, 6) is 0.0810. The Labute approximate surface area is 100 Å². The third-order valence-electron chi connectivity index (χ3n) is 2.70. The molecule has 0 aliphatic carbocycles. The van der Waals surface area contributed by atoms with E-state index in [0.29, 0.717) is 5.02 Å². The molecule has 1 aliphatic rings. The van der Waals surface area contributed by atoms with Gasteiger partial charge in [-0.1, -0.05) is 17.7 Å². The van der Waals surface area contributed by atoms with Crippen LogP contribution in [-0.4, -0.2) is 18.5 Å². The lowest BCUT2D eigenvalue weighted by Crippen LogP contribution is -2.37. The van der Waals surface area contributed by atoms with E-state index in [0.717, 1.165) is 31.5 Å². The van der Waals surface area contributed by atoms with E-state index in [9.17, 15) is 4.79 Å². The number of carbonyl (C=O) groups is 1. The van der Waals surface area contributed by atoms with Crippen LogP contribution in [0.1, 0.15) is 19.3 Å². The fourth-order valence-electron chi connectivity index (χ4n) is 1.86. The van der Waals surface area contributed by atoms with Gasteiger partial charge in [-0.25, -0.2) is 0 Å². The molecule has 0 saturated carbocycles. The largest absolute Gasteiger partial charge is 0.374 e. The third kappa shape index (κ3) is 2.89. The molecule has 3 nitrogen and oxygen atoms in total. The first-order valence-electron chi connectivity index (χ1n) is 5.55. The minimum atomic E-state index is -0.138. The van der Waals surface area contributed by atoms with Crippen LogP contribution < -0.4 is 10.6 Å². The second kappa shape index (κ2) is 5.21. The Morgan fingerprint density at radius 2 is 2.25 bits per heavy atom. The minimum Gasteiger partial charge on any atom is -0.374 e. The lowest BCUT2D eigenvalue weighted by atomic mass is 10.1. The number of halogens is 1. The maximum absolute atomic E-state index is 11.7. The smallest absolute Gasteiger partial charge is 0.242 e. The van der Waals surface area contributed by atoms with Gasteiger partial charge in [-0.05, 0) is 37.5 Å². The van der Waals surface area contributed by atoms with E-state index in [1.165, 1.54) is 0 Å². The molecule has 1 unspecified atom stereocenters. The highest BCUT2D eigenvalue weighted by molar-refractivity contribution is 6.30. The van der Waals surface area contributed by atoms with Crippen molar-refractivity contribution in [2.45, 2.75) is 25.3 Å². The predicted octanol–water partition coefficient (Wildman–Crippen LogP) is 2.42. The van der Waals surface area contributed by atoms with Gasteiger partial charge < -0.3 is 10.6 Å². The summed E-state index contributed by atoms with van der Waals surface area (Å²) >= 11 is 5.89. The first kappa shape index (κ1) is 11.3. The highest BCUT2D eigenvalue weighted by Crippen LogP contribution is 2.17. The second-order valence-electron chi connectivity index (χ2n) is 3.99. The van der Waals surface area contributed by atoms with Gasteiger partial charge in [-0.2, -0.15) is 0 Å². The second-order valence-corrected chi connectivity index (χ2v) is 4.43. The number of carbonyl (C=O) groups excluding carboxylic acids is 1. The van der Waals surface area contributed by atoms with E-state index in [1.54, 1.807) is 0 Å². The number of hydrogen-bond acceptors (Lipinski definition) is 2. The van der Waals surface area contributed by atoms with Crippen LogP contribution in [0.4, 0.5) is 5.69 Å². The Morgan fingerprint density at radius 1 is 1.38 bits per heavy atom. The maximum Gasteiger partial charge on any atom is 0.242 e. The molecule has 1 heterocycles. The molecule has 0 bridgehead atoms. The molecule has 1 aromatic carbocycles. The number of anilines is 1. The van der Waals surface area contributed by atoms with Gasteiger partial charge in [0.1, 0.15) is 6.04 Å². The fourth-order valence-corrected chi connectivity index (χ4v) is 2.05. The Balaban J connectivity index is 2.05. The van der Waals surface area contributed by atoms with Crippen molar-refractivity contribution in [3.8, 4) is 0 Å². The van der Waals surface area contributed by atoms with E-state index in [4.69, 9.17) is 11.6 Å². The summed E-state index contributed by atoms with van der Waals surface area (Å²) < 4.78 is 0. The van der Waals surface area contributed by atoms with Crippen molar-refractivity contribution in [1.29, 1.82) is 0 Å². The average Bonchev–Trinajstić information content (AvgIpc) is 2.45.